The Bertz CT molecular complexity index is 496. The van der Waals surface area contributed by atoms with Gasteiger partial charge in [-0.15, -0.1) is 10.2 Å². The molecule has 1 aliphatic rings. The second kappa shape index (κ2) is 6.51. The van der Waals surface area contributed by atoms with Crippen LogP contribution in [0.15, 0.2) is 4.34 Å². The molecule has 0 saturated heterocycles. The number of carbonyl (C=O) groups excluding carboxylic acids is 1. The number of hydrogen-bond acceptors (Lipinski definition) is 7. The van der Waals surface area contributed by atoms with Gasteiger partial charge in [0.1, 0.15) is 0 Å². The molecule has 7 nitrogen and oxygen atoms in total. The van der Waals surface area contributed by atoms with Crippen LogP contribution in [-0.4, -0.2) is 45.6 Å². The van der Waals surface area contributed by atoms with Gasteiger partial charge in [-0.25, -0.2) is 0 Å². The lowest BCUT2D eigenvalue weighted by Gasteiger charge is -2.39. The van der Waals surface area contributed by atoms with Crippen molar-refractivity contribution in [2.75, 3.05) is 18.2 Å². The Morgan fingerprint density at radius 3 is 2.80 bits per heavy atom. The highest BCUT2D eigenvalue weighted by Gasteiger charge is 2.39. The predicted octanol–water partition coefficient (Wildman–Crippen LogP) is 1.61. The molecule has 0 unspecified atom stereocenters. The Balaban J connectivity index is 1.83. The van der Waals surface area contributed by atoms with Gasteiger partial charge in [0.15, 0.2) is 4.34 Å². The molecule has 110 valence electrons. The van der Waals surface area contributed by atoms with Gasteiger partial charge in [0.05, 0.1) is 17.8 Å². The Morgan fingerprint density at radius 1 is 1.50 bits per heavy atom. The first-order valence-corrected chi connectivity index (χ1v) is 7.86. The van der Waals surface area contributed by atoms with E-state index < -0.39 is 5.97 Å². The minimum Gasteiger partial charge on any atom is -0.481 e. The monoisotopic (exact) mass is 317 g/mol. The average molecular weight is 317 g/mol. The number of carboxylic acids is 1. The van der Waals surface area contributed by atoms with Crippen LogP contribution in [-0.2, 0) is 14.3 Å². The van der Waals surface area contributed by atoms with Crippen LogP contribution in [0.3, 0.4) is 0 Å². The zero-order chi connectivity index (χ0) is 14.6. The summed E-state index contributed by atoms with van der Waals surface area (Å²) in [5.41, 5.74) is -0.324. The second-order valence-electron chi connectivity index (χ2n) is 4.52. The molecule has 1 aliphatic carbocycles. The van der Waals surface area contributed by atoms with E-state index in [2.05, 4.69) is 15.5 Å². The molecular formula is C11H15N3O4S2. The van der Waals surface area contributed by atoms with Gasteiger partial charge in [0, 0.05) is 7.11 Å². The molecule has 0 spiro atoms. The molecule has 20 heavy (non-hydrogen) atoms. The van der Waals surface area contributed by atoms with Crippen molar-refractivity contribution in [1.29, 1.82) is 0 Å². The van der Waals surface area contributed by atoms with E-state index in [1.165, 1.54) is 11.3 Å². The molecule has 1 amide bonds. The van der Waals surface area contributed by atoms with Gasteiger partial charge in [-0.3, -0.25) is 9.59 Å². The molecule has 1 heterocycles. The van der Waals surface area contributed by atoms with E-state index in [1.54, 1.807) is 7.11 Å². The molecule has 0 bridgehead atoms. The number of nitrogens with one attached hydrogen (secondary N) is 1. The number of aromatic nitrogens is 2. The third kappa shape index (κ3) is 3.90. The fourth-order valence-electron chi connectivity index (χ4n) is 1.92. The summed E-state index contributed by atoms with van der Waals surface area (Å²) < 4.78 is 5.91. The maximum Gasteiger partial charge on any atom is 0.313 e. The molecule has 0 atom stereocenters. The molecule has 1 fully saturated rings. The first kappa shape index (κ1) is 15.2. The lowest BCUT2D eigenvalue weighted by molar-refractivity contribution is -0.134. The van der Waals surface area contributed by atoms with Crippen LogP contribution < -0.4 is 5.32 Å². The topological polar surface area (TPSA) is 101 Å². The van der Waals surface area contributed by atoms with Crippen molar-refractivity contribution in [3.05, 3.63) is 0 Å². The zero-order valence-electron chi connectivity index (χ0n) is 10.9. The zero-order valence-corrected chi connectivity index (χ0v) is 12.6. The van der Waals surface area contributed by atoms with Crippen LogP contribution in [0, 0.1) is 0 Å². The number of amides is 1. The molecule has 0 radical (unpaired) electrons. The van der Waals surface area contributed by atoms with Crippen LogP contribution in [0.2, 0.25) is 0 Å². The van der Waals surface area contributed by atoms with Crippen molar-refractivity contribution >= 4 is 40.1 Å². The predicted molar refractivity (Wildman–Crippen MR) is 75.1 cm³/mol. The lowest BCUT2D eigenvalue weighted by atomic mass is 9.77. The van der Waals surface area contributed by atoms with Gasteiger partial charge < -0.3 is 15.2 Å². The SMILES string of the molecule is COC1(CC(=O)Nc2nnc(SCC(=O)O)s2)CCC1. The third-order valence-electron chi connectivity index (χ3n) is 3.15. The molecule has 1 aromatic rings. The van der Waals surface area contributed by atoms with Crippen LogP contribution in [0.1, 0.15) is 25.7 Å². The standard InChI is InChI=1S/C11H15N3O4S2/c1-18-11(3-2-4-11)5-7(15)12-9-13-14-10(20-9)19-6-8(16)17/h2-6H2,1H3,(H,16,17)(H,12,13,15). The van der Waals surface area contributed by atoms with Crippen molar-refractivity contribution in [2.24, 2.45) is 0 Å². The second-order valence-corrected chi connectivity index (χ2v) is 6.72. The van der Waals surface area contributed by atoms with Crippen LogP contribution in [0.5, 0.6) is 0 Å². The fraction of sp³-hybridized carbons (Fsp3) is 0.636. The van der Waals surface area contributed by atoms with E-state index in [9.17, 15) is 9.59 Å². The van der Waals surface area contributed by atoms with Crippen molar-refractivity contribution in [3.8, 4) is 0 Å². The highest BCUT2D eigenvalue weighted by atomic mass is 32.2. The Morgan fingerprint density at radius 2 is 2.25 bits per heavy atom. The number of carboxylic acid groups (broad SMARTS) is 1. The molecule has 9 heteroatoms. The van der Waals surface area contributed by atoms with Crippen molar-refractivity contribution in [3.63, 3.8) is 0 Å². The van der Waals surface area contributed by atoms with Crippen molar-refractivity contribution in [1.82, 2.24) is 10.2 Å². The first-order chi connectivity index (χ1) is 9.53. The summed E-state index contributed by atoms with van der Waals surface area (Å²) in [7, 11) is 1.62. The lowest BCUT2D eigenvalue weighted by Crippen LogP contribution is -2.42. The Hall–Kier alpha value is -1.19. The number of carbonyl (C=O) groups is 2. The summed E-state index contributed by atoms with van der Waals surface area (Å²) in [5, 5.41) is 19.3. The number of methoxy groups -OCH3 is 1. The summed E-state index contributed by atoms with van der Waals surface area (Å²) in [6.07, 6.45) is 3.18. The van der Waals surface area contributed by atoms with E-state index in [0.717, 1.165) is 31.0 Å². The van der Waals surface area contributed by atoms with Gasteiger partial charge >= 0.3 is 5.97 Å². The van der Waals surface area contributed by atoms with E-state index in [4.69, 9.17) is 9.84 Å². The quantitative estimate of drug-likeness (QED) is 0.582. The minimum atomic E-state index is -0.914. The highest BCUT2D eigenvalue weighted by molar-refractivity contribution is 8.01. The largest absolute Gasteiger partial charge is 0.481 e. The van der Waals surface area contributed by atoms with Gasteiger partial charge in [-0.05, 0) is 19.3 Å². The molecule has 0 aliphatic heterocycles. The van der Waals surface area contributed by atoms with Gasteiger partial charge in [0.25, 0.3) is 0 Å². The summed E-state index contributed by atoms with van der Waals surface area (Å²) in [5.74, 6) is -1.14. The van der Waals surface area contributed by atoms with Gasteiger partial charge in [-0.2, -0.15) is 0 Å². The van der Waals surface area contributed by atoms with E-state index in [-0.39, 0.29) is 17.3 Å². The van der Waals surface area contributed by atoms with E-state index >= 15 is 0 Å². The van der Waals surface area contributed by atoms with E-state index in [1.807, 2.05) is 0 Å². The summed E-state index contributed by atoms with van der Waals surface area (Å²) in [6.45, 7) is 0. The van der Waals surface area contributed by atoms with Crippen LogP contribution in [0.25, 0.3) is 0 Å². The van der Waals surface area contributed by atoms with Gasteiger partial charge in [-0.1, -0.05) is 23.1 Å². The Kier molecular flexibility index (Phi) is 4.95. The third-order valence-corrected chi connectivity index (χ3v) is 5.11. The number of ether oxygens (including phenoxy) is 1. The number of anilines is 1. The average Bonchev–Trinajstić information content (AvgIpc) is 2.79. The summed E-state index contributed by atoms with van der Waals surface area (Å²) >= 11 is 2.25. The summed E-state index contributed by atoms with van der Waals surface area (Å²) in [4.78, 5) is 22.3. The summed E-state index contributed by atoms with van der Waals surface area (Å²) in [6, 6.07) is 0. The van der Waals surface area contributed by atoms with Crippen LogP contribution in [0.4, 0.5) is 5.13 Å². The maximum atomic E-state index is 11.9. The Labute approximate surface area is 124 Å². The number of thioether (sulfide) groups is 1. The minimum absolute atomic E-state index is 0.0740. The molecular weight excluding hydrogens is 302 g/mol. The molecule has 2 N–H and O–H groups in total. The van der Waals surface area contributed by atoms with Crippen molar-refractivity contribution < 1.29 is 19.4 Å². The van der Waals surface area contributed by atoms with Crippen LogP contribution >= 0.6 is 23.1 Å². The number of aliphatic carboxylic acids is 1. The van der Waals surface area contributed by atoms with E-state index in [0.29, 0.717) is 15.9 Å². The number of hydrogen-bond donors (Lipinski definition) is 2. The molecule has 1 aromatic heterocycles. The van der Waals surface area contributed by atoms with Crippen molar-refractivity contribution in [2.45, 2.75) is 35.6 Å². The smallest absolute Gasteiger partial charge is 0.313 e. The number of nitrogens with zero attached hydrogens (tertiary/aromatic N) is 2. The maximum absolute atomic E-state index is 11.9. The van der Waals surface area contributed by atoms with Gasteiger partial charge in [0.2, 0.25) is 11.0 Å². The molecule has 0 aromatic carbocycles. The fourth-order valence-corrected chi connectivity index (χ4v) is 3.41. The first-order valence-electron chi connectivity index (χ1n) is 6.06. The number of rotatable bonds is 7. The normalized spacial score (nSPS) is 16.4. The molecule has 1 saturated carbocycles. The molecule has 2 rings (SSSR count). The highest BCUT2D eigenvalue weighted by Crippen LogP contribution is 2.38.